The predicted octanol–water partition coefficient (Wildman–Crippen LogP) is 2.77. The third kappa shape index (κ3) is 6.24. The summed E-state index contributed by atoms with van der Waals surface area (Å²) in [6, 6.07) is 13.9. The van der Waals surface area contributed by atoms with Gasteiger partial charge in [0.15, 0.2) is 0 Å². The molecule has 3 N–H and O–H groups in total. The molecule has 2 aromatic rings. The Morgan fingerprint density at radius 1 is 1.26 bits per heavy atom. The number of carbonyl (C=O) groups is 1. The Morgan fingerprint density at radius 2 is 2.11 bits per heavy atom. The zero-order valence-corrected chi connectivity index (χ0v) is 15.8. The van der Waals surface area contributed by atoms with Crippen LogP contribution in [0.15, 0.2) is 47.6 Å². The van der Waals surface area contributed by atoms with E-state index < -0.39 is 5.97 Å². The van der Waals surface area contributed by atoms with Crippen molar-refractivity contribution in [2.45, 2.75) is 12.8 Å². The first-order chi connectivity index (χ1) is 13.2. The minimum atomic E-state index is -0.706. The monoisotopic (exact) mass is 381 g/mol. The minimum absolute atomic E-state index is 0.270. The first-order valence-corrected chi connectivity index (χ1v) is 9.88. The van der Waals surface area contributed by atoms with Crippen molar-refractivity contribution in [1.29, 1.82) is 0 Å². The molecule has 0 spiro atoms. The molecule has 2 atom stereocenters. The Balaban J connectivity index is 1.41. The maximum atomic E-state index is 11.1. The molecule has 2 heterocycles. The van der Waals surface area contributed by atoms with Crippen molar-refractivity contribution < 1.29 is 9.90 Å². The molecule has 0 saturated carbocycles. The van der Waals surface area contributed by atoms with Gasteiger partial charge in [-0.1, -0.05) is 30.0 Å². The second-order valence-corrected chi connectivity index (χ2v) is 7.68. The number of carboxylic acids is 1. The second kappa shape index (κ2) is 9.91. The van der Waals surface area contributed by atoms with Crippen LogP contribution in [0.3, 0.4) is 0 Å². The van der Waals surface area contributed by atoms with Crippen LogP contribution in [0.5, 0.6) is 0 Å². The van der Waals surface area contributed by atoms with Gasteiger partial charge < -0.3 is 15.8 Å². The van der Waals surface area contributed by atoms with E-state index in [1.807, 2.05) is 42.5 Å². The first-order valence-electron chi connectivity index (χ1n) is 9.07. The van der Waals surface area contributed by atoms with Gasteiger partial charge in [0.05, 0.1) is 17.0 Å². The summed E-state index contributed by atoms with van der Waals surface area (Å²) in [5.74, 6) is 5.72. The lowest BCUT2D eigenvalue weighted by atomic mass is 9.88. The van der Waals surface area contributed by atoms with Crippen molar-refractivity contribution in [2.24, 2.45) is 16.9 Å². The number of carboxylic acid groups (broad SMARTS) is 1. The molecule has 0 radical (unpaired) electrons. The van der Waals surface area contributed by atoms with Crippen LogP contribution in [-0.2, 0) is 4.79 Å². The Morgan fingerprint density at radius 3 is 2.93 bits per heavy atom. The normalized spacial score (nSPS) is 19.4. The molecule has 3 rings (SSSR count). The van der Waals surface area contributed by atoms with Crippen molar-refractivity contribution in [3.8, 4) is 11.8 Å². The highest BCUT2D eigenvalue weighted by Crippen LogP contribution is 2.19. The van der Waals surface area contributed by atoms with Crippen molar-refractivity contribution in [1.82, 2.24) is 10.7 Å². The fraction of sp³-hybridized carbons (Fsp3) is 0.333. The zero-order valence-electron chi connectivity index (χ0n) is 15.0. The summed E-state index contributed by atoms with van der Waals surface area (Å²) in [6.07, 6.45) is 3.45. The molecule has 27 heavy (non-hydrogen) atoms. The SMILES string of the molecule is O=C(O)[C@H]1CNC[C@H](CCN/N=C/c2ccc(C#Cc3ccccc3)s2)C1. The molecule has 140 valence electrons. The van der Waals surface area contributed by atoms with E-state index in [1.54, 1.807) is 17.6 Å². The van der Waals surface area contributed by atoms with Gasteiger partial charge >= 0.3 is 5.97 Å². The Kier molecular flexibility index (Phi) is 7.03. The molecule has 1 aromatic heterocycles. The number of aliphatic carboxylic acids is 1. The third-order valence-electron chi connectivity index (χ3n) is 4.47. The van der Waals surface area contributed by atoms with Gasteiger partial charge in [-0.25, -0.2) is 0 Å². The van der Waals surface area contributed by atoms with Crippen molar-refractivity contribution in [3.05, 3.63) is 57.8 Å². The van der Waals surface area contributed by atoms with E-state index in [0.717, 1.165) is 41.2 Å². The van der Waals surface area contributed by atoms with Gasteiger partial charge in [-0.05, 0) is 49.6 Å². The quantitative estimate of drug-likeness (QED) is 0.311. The highest BCUT2D eigenvalue weighted by atomic mass is 32.1. The van der Waals surface area contributed by atoms with Gasteiger partial charge in [0.2, 0.25) is 0 Å². The Bertz CT molecular complexity index is 836. The summed E-state index contributed by atoms with van der Waals surface area (Å²) in [4.78, 5) is 13.1. The number of thiophene rings is 1. The highest BCUT2D eigenvalue weighted by molar-refractivity contribution is 7.14. The summed E-state index contributed by atoms with van der Waals surface area (Å²) in [5, 5.41) is 16.6. The molecule has 1 aliphatic rings. The molecule has 1 fully saturated rings. The summed E-state index contributed by atoms with van der Waals surface area (Å²) >= 11 is 1.60. The van der Waals surface area contributed by atoms with E-state index in [4.69, 9.17) is 5.11 Å². The Labute approximate surface area is 163 Å². The average molecular weight is 382 g/mol. The van der Waals surface area contributed by atoms with Gasteiger partial charge in [-0.2, -0.15) is 5.10 Å². The fourth-order valence-electron chi connectivity index (χ4n) is 3.03. The first kappa shape index (κ1) is 19.2. The van der Waals surface area contributed by atoms with Crippen LogP contribution in [0.4, 0.5) is 0 Å². The fourth-order valence-corrected chi connectivity index (χ4v) is 3.76. The molecule has 0 unspecified atom stereocenters. The minimum Gasteiger partial charge on any atom is -0.481 e. The molecule has 0 bridgehead atoms. The third-order valence-corrected chi connectivity index (χ3v) is 5.40. The lowest BCUT2D eigenvalue weighted by Crippen LogP contribution is -2.40. The van der Waals surface area contributed by atoms with E-state index >= 15 is 0 Å². The van der Waals surface area contributed by atoms with Gasteiger partial charge in [-0.3, -0.25) is 4.79 Å². The van der Waals surface area contributed by atoms with Crippen LogP contribution in [0.1, 0.15) is 28.2 Å². The number of hydrogen-bond donors (Lipinski definition) is 3. The van der Waals surface area contributed by atoms with Gasteiger partial charge in [-0.15, -0.1) is 11.3 Å². The van der Waals surface area contributed by atoms with Crippen molar-refractivity contribution in [2.75, 3.05) is 19.6 Å². The van der Waals surface area contributed by atoms with E-state index in [1.165, 1.54) is 0 Å². The standard InChI is InChI=1S/C21H23N3O2S/c25-21(26)18-12-17(13-22-14-18)10-11-23-24-15-20-9-8-19(27-20)7-6-16-4-2-1-3-5-16/h1-5,8-9,15,17-18,22-23H,10-14H2,(H,25,26)/b24-15+/t17-,18-/m1/s1. The maximum Gasteiger partial charge on any atom is 0.307 e. The highest BCUT2D eigenvalue weighted by Gasteiger charge is 2.26. The molecular formula is C21H23N3O2S. The number of hydrogen-bond acceptors (Lipinski definition) is 5. The van der Waals surface area contributed by atoms with E-state index in [2.05, 4.69) is 27.7 Å². The van der Waals surface area contributed by atoms with Gasteiger partial charge in [0, 0.05) is 23.5 Å². The van der Waals surface area contributed by atoms with Gasteiger partial charge in [0.25, 0.3) is 0 Å². The van der Waals surface area contributed by atoms with Gasteiger partial charge in [0.1, 0.15) is 0 Å². The van der Waals surface area contributed by atoms with Crippen molar-refractivity contribution >= 4 is 23.5 Å². The molecule has 5 nitrogen and oxygen atoms in total. The van der Waals surface area contributed by atoms with E-state index in [0.29, 0.717) is 12.5 Å². The van der Waals surface area contributed by atoms with Crippen LogP contribution in [0.2, 0.25) is 0 Å². The largest absolute Gasteiger partial charge is 0.481 e. The number of hydrazone groups is 1. The average Bonchev–Trinajstić information content (AvgIpc) is 3.15. The van der Waals surface area contributed by atoms with Crippen LogP contribution >= 0.6 is 11.3 Å². The smallest absolute Gasteiger partial charge is 0.307 e. The molecule has 6 heteroatoms. The summed E-state index contributed by atoms with van der Waals surface area (Å²) in [5.41, 5.74) is 4.06. The zero-order chi connectivity index (χ0) is 18.9. The maximum absolute atomic E-state index is 11.1. The second-order valence-electron chi connectivity index (χ2n) is 6.57. The molecule has 1 aliphatic heterocycles. The number of rotatable bonds is 6. The predicted molar refractivity (Wildman–Crippen MR) is 109 cm³/mol. The summed E-state index contributed by atoms with van der Waals surface area (Å²) in [6.45, 7) is 2.19. The molecule has 0 aliphatic carbocycles. The number of nitrogens with zero attached hydrogens (tertiary/aromatic N) is 1. The number of piperidine rings is 1. The summed E-state index contributed by atoms with van der Waals surface area (Å²) < 4.78 is 0. The molecular weight excluding hydrogens is 358 g/mol. The summed E-state index contributed by atoms with van der Waals surface area (Å²) in [7, 11) is 0. The van der Waals surface area contributed by atoms with E-state index in [9.17, 15) is 4.79 Å². The molecule has 0 amide bonds. The number of nitrogens with one attached hydrogen (secondary N) is 2. The topological polar surface area (TPSA) is 73.7 Å². The molecule has 1 aromatic carbocycles. The van der Waals surface area contributed by atoms with Crippen LogP contribution in [0.25, 0.3) is 0 Å². The Hall–Kier alpha value is -2.62. The number of benzene rings is 1. The van der Waals surface area contributed by atoms with E-state index in [-0.39, 0.29) is 5.92 Å². The van der Waals surface area contributed by atoms with Crippen LogP contribution < -0.4 is 10.7 Å². The lowest BCUT2D eigenvalue weighted by molar-refractivity contribution is -0.142. The lowest BCUT2D eigenvalue weighted by Gasteiger charge is -2.27. The van der Waals surface area contributed by atoms with Crippen LogP contribution in [0, 0.1) is 23.7 Å². The van der Waals surface area contributed by atoms with Crippen molar-refractivity contribution in [3.63, 3.8) is 0 Å². The molecule has 1 saturated heterocycles. The van der Waals surface area contributed by atoms with Crippen LogP contribution in [-0.4, -0.2) is 36.9 Å².